The smallest absolute Gasteiger partial charge is 0.343 e. The standard InChI is InChI=1S/C18H22F2N2O3/c19-17(20)8-6-14(10-17)18(24,13-4-2-1-3-5-13)16(23)25-15-7-9-22(11-15)12-21/h1-5,12,14-15,21,24H,6-11H2/t14-,15-,18+/m1/s1. The number of esters is 1. The molecule has 2 fully saturated rings. The molecule has 2 N–H and O–H groups in total. The quantitative estimate of drug-likeness (QED) is 0.485. The summed E-state index contributed by atoms with van der Waals surface area (Å²) in [6, 6.07) is 8.18. The van der Waals surface area contributed by atoms with Gasteiger partial charge in [-0.05, 0) is 12.0 Å². The van der Waals surface area contributed by atoms with Crippen molar-refractivity contribution in [2.24, 2.45) is 5.92 Å². The molecule has 0 amide bonds. The van der Waals surface area contributed by atoms with Gasteiger partial charge in [0.05, 0.1) is 12.9 Å². The highest BCUT2D eigenvalue weighted by atomic mass is 19.3. The van der Waals surface area contributed by atoms with Crippen molar-refractivity contribution in [1.82, 2.24) is 4.90 Å². The van der Waals surface area contributed by atoms with Crippen molar-refractivity contribution in [3.63, 3.8) is 0 Å². The molecule has 0 aromatic heterocycles. The van der Waals surface area contributed by atoms with E-state index in [0.29, 0.717) is 19.5 Å². The van der Waals surface area contributed by atoms with E-state index in [1.165, 1.54) is 6.34 Å². The molecule has 1 heterocycles. The van der Waals surface area contributed by atoms with Gasteiger partial charge in [-0.3, -0.25) is 5.41 Å². The van der Waals surface area contributed by atoms with E-state index in [2.05, 4.69) is 0 Å². The summed E-state index contributed by atoms with van der Waals surface area (Å²) in [7, 11) is 0. The summed E-state index contributed by atoms with van der Waals surface area (Å²) in [5.74, 6) is -4.64. The van der Waals surface area contributed by atoms with Gasteiger partial charge in [0.25, 0.3) is 0 Å². The number of benzene rings is 1. The Morgan fingerprint density at radius 3 is 2.64 bits per heavy atom. The van der Waals surface area contributed by atoms with Gasteiger partial charge in [-0.2, -0.15) is 0 Å². The fourth-order valence-electron chi connectivity index (χ4n) is 3.73. The Kier molecular flexibility index (Phi) is 4.77. The van der Waals surface area contributed by atoms with Gasteiger partial charge < -0.3 is 14.7 Å². The number of rotatable bonds is 5. The second kappa shape index (κ2) is 6.71. The average molecular weight is 352 g/mol. The van der Waals surface area contributed by atoms with E-state index in [9.17, 15) is 18.7 Å². The lowest BCUT2D eigenvalue weighted by Crippen LogP contribution is -2.45. The Hall–Kier alpha value is -2.02. The van der Waals surface area contributed by atoms with Crippen LogP contribution in [0.3, 0.4) is 0 Å². The van der Waals surface area contributed by atoms with E-state index in [0.717, 1.165) is 0 Å². The van der Waals surface area contributed by atoms with Crippen LogP contribution in [0.2, 0.25) is 0 Å². The Balaban J connectivity index is 1.84. The molecule has 1 saturated heterocycles. The maximum Gasteiger partial charge on any atom is 0.343 e. The molecule has 5 nitrogen and oxygen atoms in total. The molecule has 25 heavy (non-hydrogen) atoms. The molecule has 1 aliphatic heterocycles. The van der Waals surface area contributed by atoms with Gasteiger partial charge in [0.1, 0.15) is 6.10 Å². The summed E-state index contributed by atoms with van der Waals surface area (Å²) in [6.45, 7) is 0.966. The van der Waals surface area contributed by atoms with Crippen molar-refractivity contribution in [2.45, 2.75) is 43.3 Å². The maximum atomic E-state index is 13.7. The fraction of sp³-hybridized carbons (Fsp3) is 0.556. The van der Waals surface area contributed by atoms with E-state index in [-0.39, 0.29) is 18.4 Å². The number of alkyl halides is 2. The van der Waals surface area contributed by atoms with Crippen molar-refractivity contribution >= 4 is 12.3 Å². The number of hydrogen-bond donors (Lipinski definition) is 2. The molecule has 2 aliphatic rings. The Morgan fingerprint density at radius 2 is 2.08 bits per heavy atom. The molecule has 3 atom stereocenters. The van der Waals surface area contributed by atoms with Crippen molar-refractivity contribution in [3.8, 4) is 0 Å². The van der Waals surface area contributed by atoms with Gasteiger partial charge in [-0.25, -0.2) is 13.6 Å². The number of carbonyl (C=O) groups excluding carboxylic acids is 1. The summed E-state index contributed by atoms with van der Waals surface area (Å²) >= 11 is 0. The van der Waals surface area contributed by atoms with Crippen LogP contribution in [0.4, 0.5) is 8.78 Å². The lowest BCUT2D eigenvalue weighted by molar-refractivity contribution is -0.179. The van der Waals surface area contributed by atoms with Crippen LogP contribution in [-0.2, 0) is 15.1 Å². The summed E-state index contributed by atoms with van der Waals surface area (Å²) in [5, 5.41) is 18.4. The second-order valence-electron chi connectivity index (χ2n) is 6.87. The number of halogens is 2. The average Bonchev–Trinajstić information content (AvgIpc) is 3.20. The monoisotopic (exact) mass is 352 g/mol. The Morgan fingerprint density at radius 1 is 1.36 bits per heavy atom. The third-order valence-electron chi connectivity index (χ3n) is 5.15. The van der Waals surface area contributed by atoms with E-state index < -0.39 is 35.9 Å². The molecule has 136 valence electrons. The highest BCUT2D eigenvalue weighted by molar-refractivity contribution is 5.82. The Labute approximate surface area is 145 Å². The third kappa shape index (κ3) is 3.51. The molecule has 3 rings (SSSR count). The Bertz CT molecular complexity index is 640. The number of carbonyl (C=O) groups is 1. The predicted octanol–water partition coefficient (Wildman–Crippen LogP) is 2.53. The number of ether oxygens (including phenoxy) is 1. The molecule has 7 heteroatoms. The topological polar surface area (TPSA) is 73.6 Å². The van der Waals surface area contributed by atoms with Crippen LogP contribution >= 0.6 is 0 Å². The van der Waals surface area contributed by atoms with E-state index >= 15 is 0 Å². The van der Waals surface area contributed by atoms with Crippen LogP contribution in [0, 0.1) is 11.3 Å². The first-order valence-corrected chi connectivity index (χ1v) is 8.46. The number of aliphatic hydroxyl groups is 1. The van der Waals surface area contributed by atoms with Gasteiger partial charge in [0, 0.05) is 31.7 Å². The van der Waals surface area contributed by atoms with E-state index in [1.54, 1.807) is 35.2 Å². The normalized spacial score (nSPS) is 27.7. The molecule has 1 aliphatic carbocycles. The van der Waals surface area contributed by atoms with Crippen LogP contribution in [0.25, 0.3) is 0 Å². The molecule has 0 bridgehead atoms. The minimum atomic E-state index is -2.88. The predicted molar refractivity (Wildman–Crippen MR) is 87.5 cm³/mol. The zero-order valence-electron chi connectivity index (χ0n) is 13.8. The van der Waals surface area contributed by atoms with Gasteiger partial charge in [-0.15, -0.1) is 0 Å². The van der Waals surface area contributed by atoms with Crippen LogP contribution in [0.1, 0.15) is 31.2 Å². The lowest BCUT2D eigenvalue weighted by atomic mass is 9.80. The number of likely N-dealkylation sites (tertiary alicyclic amines) is 1. The van der Waals surface area contributed by atoms with Gasteiger partial charge in [0.15, 0.2) is 5.60 Å². The molecule has 0 spiro atoms. The highest BCUT2D eigenvalue weighted by Gasteiger charge is 2.54. The van der Waals surface area contributed by atoms with Crippen LogP contribution in [0.15, 0.2) is 30.3 Å². The summed E-state index contributed by atoms with van der Waals surface area (Å²) in [6.07, 6.45) is 0.452. The van der Waals surface area contributed by atoms with E-state index in [4.69, 9.17) is 10.1 Å². The minimum absolute atomic E-state index is 0.0603. The summed E-state index contributed by atoms with van der Waals surface area (Å²) in [5.41, 5.74) is -1.80. The summed E-state index contributed by atoms with van der Waals surface area (Å²) in [4.78, 5) is 14.5. The highest BCUT2D eigenvalue weighted by Crippen LogP contribution is 2.48. The van der Waals surface area contributed by atoms with Gasteiger partial charge >= 0.3 is 5.97 Å². The van der Waals surface area contributed by atoms with Crippen LogP contribution in [-0.4, -0.2) is 47.4 Å². The third-order valence-corrected chi connectivity index (χ3v) is 5.15. The first kappa shape index (κ1) is 17.8. The summed E-state index contributed by atoms with van der Waals surface area (Å²) < 4.78 is 32.9. The molecule has 0 unspecified atom stereocenters. The van der Waals surface area contributed by atoms with Gasteiger partial charge in [0.2, 0.25) is 5.92 Å². The molecular weight excluding hydrogens is 330 g/mol. The van der Waals surface area contributed by atoms with Crippen molar-refractivity contribution in [3.05, 3.63) is 35.9 Å². The first-order chi connectivity index (χ1) is 11.8. The molecular formula is C18H22F2N2O3. The number of nitrogens with one attached hydrogen (secondary N) is 1. The van der Waals surface area contributed by atoms with Crippen molar-refractivity contribution in [2.75, 3.05) is 13.1 Å². The number of hydrogen-bond acceptors (Lipinski definition) is 4. The fourth-order valence-corrected chi connectivity index (χ4v) is 3.73. The lowest BCUT2D eigenvalue weighted by Gasteiger charge is -2.33. The molecule has 1 aromatic carbocycles. The zero-order valence-corrected chi connectivity index (χ0v) is 13.8. The molecule has 1 saturated carbocycles. The zero-order chi connectivity index (χ0) is 18.1. The van der Waals surface area contributed by atoms with Crippen molar-refractivity contribution in [1.29, 1.82) is 5.41 Å². The van der Waals surface area contributed by atoms with Crippen LogP contribution in [0.5, 0.6) is 0 Å². The van der Waals surface area contributed by atoms with E-state index in [1.807, 2.05) is 0 Å². The first-order valence-electron chi connectivity index (χ1n) is 8.46. The molecule has 0 radical (unpaired) electrons. The minimum Gasteiger partial charge on any atom is -0.458 e. The van der Waals surface area contributed by atoms with Gasteiger partial charge in [-0.1, -0.05) is 30.3 Å². The SMILES string of the molecule is N=CN1CC[C@@H](OC(=O)[C@](O)(c2ccccc2)[C@@H]2CCC(F)(F)C2)C1. The molecule has 1 aromatic rings. The number of nitrogens with zero attached hydrogens (tertiary/aromatic N) is 1. The maximum absolute atomic E-state index is 13.7. The van der Waals surface area contributed by atoms with Crippen LogP contribution < -0.4 is 0 Å². The largest absolute Gasteiger partial charge is 0.458 e. The second-order valence-corrected chi connectivity index (χ2v) is 6.87. The van der Waals surface area contributed by atoms with Crippen molar-refractivity contribution < 1.29 is 23.4 Å².